The van der Waals surface area contributed by atoms with E-state index in [1.54, 1.807) is 19.2 Å². The first-order valence-electron chi connectivity index (χ1n) is 7.64. The Labute approximate surface area is 137 Å². The standard InChI is InChI=1S/C18H18F3NO2/c1-16(24)10-17(11-16,9-14-15(23)3-2-8-22-14)12-4-6-13(7-5-12)18(19,20)21/h2-8,23-24H,9-11H2,1H3. The van der Waals surface area contributed by atoms with Crippen LogP contribution < -0.4 is 0 Å². The zero-order chi connectivity index (χ0) is 17.6. The minimum absolute atomic E-state index is 0.0512. The Bertz CT molecular complexity index is 731. The molecule has 1 aliphatic carbocycles. The van der Waals surface area contributed by atoms with Crippen molar-refractivity contribution in [3.05, 3.63) is 59.4 Å². The number of rotatable bonds is 3. The maximum absolute atomic E-state index is 12.8. The van der Waals surface area contributed by atoms with Gasteiger partial charge in [0, 0.05) is 18.0 Å². The summed E-state index contributed by atoms with van der Waals surface area (Å²) in [6.07, 6.45) is -1.65. The van der Waals surface area contributed by atoms with E-state index >= 15 is 0 Å². The van der Waals surface area contributed by atoms with Crippen molar-refractivity contribution in [2.45, 2.75) is 43.4 Å². The molecule has 0 spiro atoms. The summed E-state index contributed by atoms with van der Waals surface area (Å²) in [4.78, 5) is 4.16. The van der Waals surface area contributed by atoms with Crippen LogP contribution in [-0.4, -0.2) is 20.8 Å². The van der Waals surface area contributed by atoms with E-state index in [0.717, 1.165) is 12.1 Å². The second-order valence-electron chi connectivity index (χ2n) is 6.85. The largest absolute Gasteiger partial charge is 0.506 e. The molecular weight excluding hydrogens is 319 g/mol. The van der Waals surface area contributed by atoms with E-state index in [9.17, 15) is 23.4 Å². The van der Waals surface area contributed by atoms with E-state index < -0.39 is 22.8 Å². The number of aromatic nitrogens is 1. The average Bonchev–Trinajstić information content (AvgIpc) is 2.47. The molecule has 1 saturated carbocycles. The van der Waals surface area contributed by atoms with E-state index in [1.165, 1.54) is 18.2 Å². The number of aromatic hydroxyl groups is 1. The lowest BCUT2D eigenvalue weighted by Crippen LogP contribution is -2.54. The molecule has 0 atom stereocenters. The maximum atomic E-state index is 12.8. The highest BCUT2D eigenvalue weighted by molar-refractivity contribution is 5.38. The van der Waals surface area contributed by atoms with Gasteiger partial charge in [-0.15, -0.1) is 0 Å². The summed E-state index contributed by atoms with van der Waals surface area (Å²) in [5, 5.41) is 20.1. The highest BCUT2D eigenvalue weighted by Crippen LogP contribution is 2.52. The summed E-state index contributed by atoms with van der Waals surface area (Å²) in [6, 6.07) is 8.17. The van der Waals surface area contributed by atoms with Crippen LogP contribution in [0.2, 0.25) is 0 Å². The predicted octanol–water partition coefficient (Wildman–Crippen LogP) is 3.83. The third kappa shape index (κ3) is 3.11. The van der Waals surface area contributed by atoms with E-state index in [2.05, 4.69) is 4.98 Å². The number of pyridine rings is 1. The Hall–Kier alpha value is -2.08. The highest BCUT2D eigenvalue weighted by Gasteiger charge is 2.52. The van der Waals surface area contributed by atoms with Crippen molar-refractivity contribution in [1.82, 2.24) is 4.98 Å². The Balaban J connectivity index is 1.94. The lowest BCUT2D eigenvalue weighted by molar-refractivity contribution is -0.137. The topological polar surface area (TPSA) is 53.4 Å². The molecular formula is C18H18F3NO2. The van der Waals surface area contributed by atoms with Crippen molar-refractivity contribution in [3.63, 3.8) is 0 Å². The van der Waals surface area contributed by atoms with Crippen LogP contribution in [0.5, 0.6) is 5.75 Å². The summed E-state index contributed by atoms with van der Waals surface area (Å²) in [5.41, 5.74) is -0.903. The lowest BCUT2D eigenvalue weighted by Gasteiger charge is -2.52. The number of nitrogens with zero attached hydrogens (tertiary/aromatic N) is 1. The molecule has 0 unspecified atom stereocenters. The van der Waals surface area contributed by atoms with Gasteiger partial charge in [0.25, 0.3) is 0 Å². The molecule has 1 aromatic carbocycles. The fourth-order valence-corrected chi connectivity index (χ4v) is 3.74. The second kappa shape index (κ2) is 5.48. The van der Waals surface area contributed by atoms with Crippen molar-refractivity contribution in [1.29, 1.82) is 0 Å². The zero-order valence-electron chi connectivity index (χ0n) is 13.1. The van der Waals surface area contributed by atoms with Gasteiger partial charge in [0.15, 0.2) is 0 Å². The van der Waals surface area contributed by atoms with Gasteiger partial charge < -0.3 is 10.2 Å². The van der Waals surface area contributed by atoms with Gasteiger partial charge in [-0.1, -0.05) is 12.1 Å². The summed E-state index contributed by atoms with van der Waals surface area (Å²) in [5.74, 6) is 0.0512. The van der Waals surface area contributed by atoms with E-state index in [0.29, 0.717) is 30.5 Å². The molecule has 1 fully saturated rings. The Kier molecular flexibility index (Phi) is 3.83. The van der Waals surface area contributed by atoms with Gasteiger partial charge in [0.1, 0.15) is 5.75 Å². The Morgan fingerprint density at radius 3 is 2.25 bits per heavy atom. The Morgan fingerprint density at radius 1 is 1.12 bits per heavy atom. The smallest absolute Gasteiger partial charge is 0.416 e. The quantitative estimate of drug-likeness (QED) is 0.895. The second-order valence-corrected chi connectivity index (χ2v) is 6.85. The molecule has 0 aliphatic heterocycles. The minimum atomic E-state index is -4.38. The summed E-state index contributed by atoms with van der Waals surface area (Å²) >= 11 is 0. The molecule has 128 valence electrons. The van der Waals surface area contributed by atoms with Gasteiger partial charge in [-0.05, 0) is 49.6 Å². The lowest BCUT2D eigenvalue weighted by atomic mass is 9.55. The predicted molar refractivity (Wildman–Crippen MR) is 82.6 cm³/mol. The van der Waals surface area contributed by atoms with E-state index in [1.807, 2.05) is 0 Å². The van der Waals surface area contributed by atoms with Gasteiger partial charge in [-0.25, -0.2) is 0 Å². The van der Waals surface area contributed by atoms with Crippen LogP contribution in [0.3, 0.4) is 0 Å². The summed E-state index contributed by atoms with van der Waals surface area (Å²) < 4.78 is 38.3. The van der Waals surface area contributed by atoms with Crippen LogP contribution in [0.4, 0.5) is 13.2 Å². The molecule has 1 aromatic heterocycles. The number of hydrogen-bond acceptors (Lipinski definition) is 3. The number of hydrogen-bond donors (Lipinski definition) is 2. The van der Waals surface area contributed by atoms with Crippen molar-refractivity contribution >= 4 is 0 Å². The van der Waals surface area contributed by atoms with Crippen molar-refractivity contribution < 1.29 is 23.4 Å². The van der Waals surface area contributed by atoms with Crippen molar-refractivity contribution in [2.24, 2.45) is 0 Å². The molecule has 0 radical (unpaired) electrons. The number of alkyl halides is 3. The number of halogens is 3. The number of benzene rings is 1. The van der Waals surface area contributed by atoms with Gasteiger partial charge in [-0.3, -0.25) is 4.98 Å². The summed E-state index contributed by atoms with van der Waals surface area (Å²) in [6.45, 7) is 1.70. The van der Waals surface area contributed by atoms with Gasteiger partial charge in [0.2, 0.25) is 0 Å². The van der Waals surface area contributed by atoms with Crippen LogP contribution in [0.25, 0.3) is 0 Å². The average molecular weight is 337 g/mol. The van der Waals surface area contributed by atoms with E-state index in [-0.39, 0.29) is 5.75 Å². The minimum Gasteiger partial charge on any atom is -0.506 e. The fourth-order valence-electron chi connectivity index (χ4n) is 3.74. The molecule has 3 nitrogen and oxygen atoms in total. The highest BCUT2D eigenvalue weighted by atomic mass is 19.4. The molecule has 0 saturated heterocycles. The molecule has 24 heavy (non-hydrogen) atoms. The first kappa shape index (κ1) is 16.8. The molecule has 2 aromatic rings. The third-order valence-electron chi connectivity index (χ3n) is 4.64. The molecule has 2 N–H and O–H groups in total. The van der Waals surface area contributed by atoms with Crippen LogP contribution in [-0.2, 0) is 18.0 Å². The van der Waals surface area contributed by atoms with Crippen LogP contribution >= 0.6 is 0 Å². The van der Waals surface area contributed by atoms with Crippen molar-refractivity contribution in [2.75, 3.05) is 0 Å². The molecule has 3 rings (SSSR count). The molecule has 1 aliphatic rings. The third-order valence-corrected chi connectivity index (χ3v) is 4.64. The van der Waals surface area contributed by atoms with E-state index in [4.69, 9.17) is 0 Å². The van der Waals surface area contributed by atoms with Crippen molar-refractivity contribution in [3.8, 4) is 5.75 Å². The van der Waals surface area contributed by atoms with Crippen LogP contribution in [0.15, 0.2) is 42.6 Å². The molecule has 0 amide bonds. The first-order chi connectivity index (χ1) is 11.1. The Morgan fingerprint density at radius 2 is 1.75 bits per heavy atom. The number of aliphatic hydroxyl groups is 1. The summed E-state index contributed by atoms with van der Waals surface area (Å²) in [7, 11) is 0. The first-order valence-corrected chi connectivity index (χ1v) is 7.64. The van der Waals surface area contributed by atoms with Gasteiger partial charge in [-0.2, -0.15) is 13.2 Å². The molecule has 1 heterocycles. The fraction of sp³-hybridized carbons (Fsp3) is 0.389. The van der Waals surface area contributed by atoms with Gasteiger partial charge >= 0.3 is 6.18 Å². The molecule has 6 heteroatoms. The van der Waals surface area contributed by atoms with Crippen LogP contribution in [0, 0.1) is 0 Å². The van der Waals surface area contributed by atoms with Crippen LogP contribution in [0.1, 0.15) is 36.6 Å². The normalized spacial score (nSPS) is 26.9. The SMILES string of the molecule is CC1(O)CC(Cc2ncccc2O)(c2ccc(C(F)(F)F)cc2)C1. The van der Waals surface area contributed by atoms with Gasteiger partial charge in [0.05, 0.1) is 16.9 Å². The maximum Gasteiger partial charge on any atom is 0.416 e. The monoisotopic (exact) mass is 337 g/mol. The zero-order valence-corrected chi connectivity index (χ0v) is 13.1. The molecule has 0 bridgehead atoms.